The fourth-order valence-electron chi connectivity index (χ4n) is 3.91. The Bertz CT molecular complexity index is 392. The second kappa shape index (κ2) is 7.29. The van der Waals surface area contributed by atoms with Crippen molar-refractivity contribution < 1.29 is 0 Å². The van der Waals surface area contributed by atoms with Gasteiger partial charge >= 0.3 is 0 Å². The van der Waals surface area contributed by atoms with Crippen LogP contribution < -0.4 is 0 Å². The van der Waals surface area contributed by atoms with Gasteiger partial charge in [-0.15, -0.1) is 0 Å². The van der Waals surface area contributed by atoms with Gasteiger partial charge in [-0.05, 0) is 74.3 Å². The Balaban J connectivity index is 1.71. The molecule has 0 spiro atoms. The molecule has 2 radical (unpaired) electrons. The molecule has 0 heteroatoms. The number of benzene rings is 1. The van der Waals surface area contributed by atoms with Crippen LogP contribution in [0.4, 0.5) is 0 Å². The van der Waals surface area contributed by atoms with Gasteiger partial charge in [0.05, 0.1) is 0 Å². The van der Waals surface area contributed by atoms with Crippen LogP contribution in [0, 0.1) is 12.8 Å². The molecule has 2 aliphatic rings. The van der Waals surface area contributed by atoms with Crippen LogP contribution in [0.25, 0.3) is 0 Å². The van der Waals surface area contributed by atoms with Crippen LogP contribution in [0.3, 0.4) is 0 Å². The molecular weight excluding hydrogens is 240 g/mol. The first-order chi connectivity index (χ1) is 9.93. The molecule has 0 heterocycles. The maximum absolute atomic E-state index is 2.59. The highest BCUT2D eigenvalue weighted by Crippen LogP contribution is 2.35. The summed E-state index contributed by atoms with van der Waals surface area (Å²) in [6, 6.07) is 9.55. The summed E-state index contributed by atoms with van der Waals surface area (Å²) in [5, 5.41) is 0. The van der Waals surface area contributed by atoms with Crippen LogP contribution in [0.1, 0.15) is 87.2 Å². The van der Waals surface area contributed by atoms with Gasteiger partial charge in [-0.1, -0.05) is 49.9 Å². The molecule has 0 bridgehead atoms. The molecule has 0 N–H and O–H groups in total. The Morgan fingerprint density at radius 3 is 2.45 bits per heavy atom. The molecule has 1 aromatic rings. The van der Waals surface area contributed by atoms with Gasteiger partial charge in [0.2, 0.25) is 0 Å². The lowest BCUT2D eigenvalue weighted by Crippen LogP contribution is -2.07. The number of hydrogen-bond donors (Lipinski definition) is 0. The van der Waals surface area contributed by atoms with Gasteiger partial charge in [0.25, 0.3) is 0 Å². The third-order valence-corrected chi connectivity index (χ3v) is 5.17. The van der Waals surface area contributed by atoms with Gasteiger partial charge < -0.3 is 0 Å². The van der Waals surface area contributed by atoms with Gasteiger partial charge in [-0.25, -0.2) is 0 Å². The highest BCUT2D eigenvalue weighted by atomic mass is 14.2. The minimum Gasteiger partial charge on any atom is -0.0617 e. The molecule has 20 heavy (non-hydrogen) atoms. The van der Waals surface area contributed by atoms with Crippen molar-refractivity contribution in [2.75, 3.05) is 0 Å². The summed E-state index contributed by atoms with van der Waals surface area (Å²) in [6.07, 6.45) is 18.7. The molecular formula is C20H28. The average molecular weight is 268 g/mol. The first kappa shape index (κ1) is 14.2. The fourth-order valence-corrected chi connectivity index (χ4v) is 3.91. The van der Waals surface area contributed by atoms with Crippen LogP contribution >= 0.6 is 0 Å². The summed E-state index contributed by atoms with van der Waals surface area (Å²) in [6.45, 7) is 0. The van der Waals surface area contributed by atoms with Crippen molar-refractivity contribution in [3.05, 3.63) is 48.2 Å². The van der Waals surface area contributed by atoms with E-state index in [1.54, 1.807) is 11.1 Å². The van der Waals surface area contributed by atoms with Crippen molar-refractivity contribution in [2.45, 2.75) is 76.0 Å². The van der Waals surface area contributed by atoms with Crippen LogP contribution in [0.5, 0.6) is 0 Å². The Kier molecular flexibility index (Phi) is 5.17. The van der Waals surface area contributed by atoms with E-state index in [-0.39, 0.29) is 0 Å². The summed E-state index contributed by atoms with van der Waals surface area (Å²) in [4.78, 5) is 0. The second-order valence-electron chi connectivity index (χ2n) is 6.64. The van der Waals surface area contributed by atoms with E-state index in [2.05, 4.69) is 37.1 Å². The predicted molar refractivity (Wildman–Crippen MR) is 86.7 cm³/mol. The monoisotopic (exact) mass is 268 g/mol. The summed E-state index contributed by atoms with van der Waals surface area (Å²) in [5.41, 5.74) is 3.19. The molecule has 108 valence electrons. The fraction of sp³-hybridized carbons (Fsp3) is 0.600. The lowest BCUT2D eigenvalue weighted by molar-refractivity contribution is 0.507. The van der Waals surface area contributed by atoms with Crippen molar-refractivity contribution in [2.24, 2.45) is 0 Å². The molecule has 2 saturated carbocycles. The third kappa shape index (κ3) is 3.65. The highest BCUT2D eigenvalue weighted by Gasteiger charge is 2.18. The summed E-state index contributed by atoms with van der Waals surface area (Å²) >= 11 is 0. The van der Waals surface area contributed by atoms with Crippen LogP contribution in [-0.4, -0.2) is 0 Å². The second-order valence-corrected chi connectivity index (χ2v) is 6.64. The van der Waals surface area contributed by atoms with Gasteiger partial charge in [-0.2, -0.15) is 0 Å². The van der Waals surface area contributed by atoms with E-state index in [1.807, 2.05) is 0 Å². The van der Waals surface area contributed by atoms with Crippen molar-refractivity contribution in [3.63, 3.8) is 0 Å². The first-order valence-electron chi connectivity index (χ1n) is 8.68. The van der Waals surface area contributed by atoms with E-state index >= 15 is 0 Å². The van der Waals surface area contributed by atoms with Crippen molar-refractivity contribution >= 4 is 0 Å². The topological polar surface area (TPSA) is 0 Å². The average Bonchev–Trinajstić information content (AvgIpc) is 2.48. The van der Waals surface area contributed by atoms with E-state index in [4.69, 9.17) is 0 Å². The van der Waals surface area contributed by atoms with Crippen molar-refractivity contribution in [3.8, 4) is 0 Å². The SMILES string of the molecule is [CH]1CCC(c2cccc(C3[CH]CCCCCC3)c2)CC1. The Morgan fingerprint density at radius 1 is 0.750 bits per heavy atom. The molecule has 0 amide bonds. The largest absolute Gasteiger partial charge is 0.0617 e. The molecule has 1 unspecified atom stereocenters. The molecule has 0 aliphatic heterocycles. The van der Waals surface area contributed by atoms with Gasteiger partial charge in [0, 0.05) is 0 Å². The standard InChI is InChI=1S/C20H28/c1-2-5-10-17(11-6-3-1)19-14-9-15-20(16-19)18-12-7-4-8-13-18/h4,9-10,14-18H,1-3,5-8,11-13H2. The Labute approximate surface area is 125 Å². The maximum Gasteiger partial charge on any atom is -0.0131 e. The summed E-state index contributed by atoms with van der Waals surface area (Å²) < 4.78 is 0. The zero-order chi connectivity index (χ0) is 13.6. The number of rotatable bonds is 2. The molecule has 1 atom stereocenters. The van der Waals surface area contributed by atoms with Gasteiger partial charge in [0.15, 0.2) is 0 Å². The van der Waals surface area contributed by atoms with E-state index in [9.17, 15) is 0 Å². The third-order valence-electron chi connectivity index (χ3n) is 5.17. The quantitative estimate of drug-likeness (QED) is 0.600. The minimum absolute atomic E-state index is 0.713. The number of hydrogen-bond acceptors (Lipinski definition) is 0. The highest BCUT2D eigenvalue weighted by molar-refractivity contribution is 5.31. The van der Waals surface area contributed by atoms with Gasteiger partial charge in [0.1, 0.15) is 0 Å². The first-order valence-corrected chi connectivity index (χ1v) is 8.68. The maximum atomic E-state index is 2.59. The summed E-state index contributed by atoms with van der Waals surface area (Å²) in [5.74, 6) is 1.53. The lowest BCUT2D eigenvalue weighted by atomic mass is 9.81. The molecule has 1 aromatic carbocycles. The predicted octanol–water partition coefficient (Wildman–Crippen LogP) is 6.19. The Morgan fingerprint density at radius 2 is 1.55 bits per heavy atom. The van der Waals surface area contributed by atoms with E-state index in [1.165, 1.54) is 64.2 Å². The molecule has 3 rings (SSSR count). The van der Waals surface area contributed by atoms with E-state index in [0.717, 1.165) is 5.92 Å². The van der Waals surface area contributed by atoms with Crippen LogP contribution in [0.2, 0.25) is 0 Å². The van der Waals surface area contributed by atoms with Crippen LogP contribution in [-0.2, 0) is 0 Å². The molecule has 2 aliphatic carbocycles. The summed E-state index contributed by atoms with van der Waals surface area (Å²) in [7, 11) is 0. The smallest absolute Gasteiger partial charge is 0.0131 e. The van der Waals surface area contributed by atoms with Crippen LogP contribution in [0.15, 0.2) is 24.3 Å². The zero-order valence-corrected chi connectivity index (χ0v) is 12.7. The Hall–Kier alpha value is -0.780. The lowest BCUT2D eigenvalue weighted by Gasteiger charge is -2.24. The molecule has 0 saturated heterocycles. The molecule has 0 nitrogen and oxygen atoms in total. The van der Waals surface area contributed by atoms with E-state index < -0.39 is 0 Å². The van der Waals surface area contributed by atoms with E-state index in [0.29, 0.717) is 5.92 Å². The molecule has 2 fully saturated rings. The molecule has 0 aromatic heterocycles. The minimum atomic E-state index is 0.713. The zero-order valence-electron chi connectivity index (χ0n) is 12.7. The normalized spacial score (nSPS) is 23.2. The van der Waals surface area contributed by atoms with Crippen molar-refractivity contribution in [1.29, 1.82) is 0 Å². The van der Waals surface area contributed by atoms with Gasteiger partial charge in [-0.3, -0.25) is 0 Å². The van der Waals surface area contributed by atoms with Crippen molar-refractivity contribution in [1.82, 2.24) is 0 Å².